The predicted molar refractivity (Wildman–Crippen MR) is 91.3 cm³/mol. The molecule has 0 spiro atoms. The average molecular weight is 431 g/mol. The van der Waals surface area contributed by atoms with Gasteiger partial charge in [0.2, 0.25) is 0 Å². The van der Waals surface area contributed by atoms with E-state index in [1.54, 1.807) is 19.2 Å². The first-order valence-corrected chi connectivity index (χ1v) is 7.54. The van der Waals surface area contributed by atoms with Crippen molar-refractivity contribution >= 4 is 52.5 Å². The van der Waals surface area contributed by atoms with Crippen molar-refractivity contribution in [2.24, 2.45) is 0 Å². The molecule has 1 saturated heterocycles. The van der Waals surface area contributed by atoms with Crippen LogP contribution in [0, 0.1) is 3.57 Å². The Kier molecular flexibility index (Phi) is 6.84. The van der Waals surface area contributed by atoms with Gasteiger partial charge in [-0.05, 0) is 41.6 Å². The molecule has 0 aliphatic carbocycles. The van der Waals surface area contributed by atoms with Crippen LogP contribution in [0.25, 0.3) is 0 Å². The second-order valence-electron chi connectivity index (χ2n) is 4.57. The second-order valence-corrected chi connectivity index (χ2v) is 6.14. The number of nitrogens with one attached hydrogen (secondary N) is 1. The maximum absolute atomic E-state index is 12.5. The highest BCUT2D eigenvalue weighted by Crippen LogP contribution is 2.29. The predicted octanol–water partition coefficient (Wildman–Crippen LogP) is 2.81. The summed E-state index contributed by atoms with van der Waals surface area (Å²) in [4.78, 5) is 14.4. The van der Waals surface area contributed by atoms with Crippen LogP contribution in [0.1, 0.15) is 17.3 Å². The fourth-order valence-corrected chi connectivity index (χ4v) is 2.75. The van der Waals surface area contributed by atoms with Crippen LogP contribution >= 0.6 is 46.6 Å². The molecule has 2 rings (SSSR count). The van der Waals surface area contributed by atoms with E-state index in [1.807, 2.05) is 4.90 Å². The number of hydrogen-bond acceptors (Lipinski definition) is 3. The van der Waals surface area contributed by atoms with E-state index in [-0.39, 0.29) is 18.3 Å². The van der Waals surface area contributed by atoms with Crippen molar-refractivity contribution in [1.82, 2.24) is 10.2 Å². The summed E-state index contributed by atoms with van der Waals surface area (Å²) in [5.41, 5.74) is 0.530. The molecule has 0 saturated carbocycles. The summed E-state index contributed by atoms with van der Waals surface area (Å²) in [6.45, 7) is 4.28. The normalized spacial score (nSPS) is 18.4. The summed E-state index contributed by atoms with van der Waals surface area (Å²) in [5, 5.41) is 3.89. The van der Waals surface area contributed by atoms with Gasteiger partial charge < -0.3 is 15.0 Å². The largest absolute Gasteiger partial charge is 0.496 e. The quantitative estimate of drug-likeness (QED) is 0.733. The van der Waals surface area contributed by atoms with Gasteiger partial charge >= 0.3 is 0 Å². The van der Waals surface area contributed by atoms with Crippen molar-refractivity contribution in [2.45, 2.75) is 13.0 Å². The van der Waals surface area contributed by atoms with Gasteiger partial charge in [0, 0.05) is 29.2 Å². The van der Waals surface area contributed by atoms with Gasteiger partial charge in [-0.2, -0.15) is 0 Å². The minimum Gasteiger partial charge on any atom is -0.496 e. The number of methoxy groups -OCH3 is 1. The molecule has 1 heterocycles. The van der Waals surface area contributed by atoms with E-state index in [4.69, 9.17) is 16.3 Å². The van der Waals surface area contributed by atoms with Gasteiger partial charge in [-0.3, -0.25) is 4.79 Å². The molecule has 112 valence electrons. The number of carbonyl (C=O) groups is 1. The Bertz CT molecular complexity index is 500. The fourth-order valence-electron chi connectivity index (χ4n) is 2.15. The van der Waals surface area contributed by atoms with Crippen molar-refractivity contribution in [2.75, 3.05) is 26.7 Å². The highest BCUT2D eigenvalue weighted by molar-refractivity contribution is 14.1. The van der Waals surface area contributed by atoms with E-state index < -0.39 is 0 Å². The average Bonchev–Trinajstić information content (AvgIpc) is 2.40. The summed E-state index contributed by atoms with van der Waals surface area (Å²) >= 11 is 8.23. The van der Waals surface area contributed by atoms with Gasteiger partial charge in [0.1, 0.15) is 5.75 Å². The molecule has 1 aliphatic rings. The lowest BCUT2D eigenvalue weighted by Gasteiger charge is -2.32. The Hall–Kier alpha value is -0.240. The number of ether oxygens (including phenoxy) is 1. The molecule has 1 atom stereocenters. The van der Waals surface area contributed by atoms with Crippen LogP contribution in [-0.2, 0) is 0 Å². The van der Waals surface area contributed by atoms with Crippen LogP contribution in [0.2, 0.25) is 5.02 Å². The van der Waals surface area contributed by atoms with Crippen LogP contribution in [0.15, 0.2) is 12.1 Å². The fraction of sp³-hybridized carbons (Fsp3) is 0.462. The van der Waals surface area contributed by atoms with E-state index >= 15 is 0 Å². The molecule has 1 unspecified atom stereocenters. The van der Waals surface area contributed by atoms with Gasteiger partial charge in [0.05, 0.1) is 17.7 Å². The number of nitrogens with zero attached hydrogens (tertiary/aromatic N) is 1. The SMILES string of the molecule is COc1cc(I)c(Cl)cc1C(=O)N1CCNC(C)C1.Cl. The smallest absolute Gasteiger partial charge is 0.257 e. The minimum absolute atomic E-state index is 0. The molecule has 0 bridgehead atoms. The van der Waals surface area contributed by atoms with E-state index in [1.165, 1.54) is 0 Å². The van der Waals surface area contributed by atoms with Crippen molar-refractivity contribution in [1.29, 1.82) is 0 Å². The van der Waals surface area contributed by atoms with Crippen molar-refractivity contribution in [3.05, 3.63) is 26.3 Å². The van der Waals surface area contributed by atoms with Gasteiger partial charge in [-0.15, -0.1) is 12.4 Å². The first kappa shape index (κ1) is 17.8. The zero-order chi connectivity index (χ0) is 14.0. The van der Waals surface area contributed by atoms with Gasteiger partial charge in [0.15, 0.2) is 0 Å². The van der Waals surface area contributed by atoms with E-state index in [2.05, 4.69) is 34.8 Å². The van der Waals surface area contributed by atoms with E-state index in [0.717, 1.165) is 10.1 Å². The molecular weight excluding hydrogens is 414 g/mol. The molecule has 0 aromatic heterocycles. The van der Waals surface area contributed by atoms with E-state index in [0.29, 0.717) is 35.5 Å². The second kappa shape index (κ2) is 7.68. The maximum Gasteiger partial charge on any atom is 0.257 e. The third-order valence-electron chi connectivity index (χ3n) is 3.13. The van der Waals surface area contributed by atoms with Crippen LogP contribution in [0.3, 0.4) is 0 Å². The molecule has 20 heavy (non-hydrogen) atoms. The van der Waals surface area contributed by atoms with Crippen LogP contribution in [0.4, 0.5) is 0 Å². The Morgan fingerprint density at radius 3 is 2.85 bits per heavy atom. The molecule has 1 aromatic rings. The summed E-state index contributed by atoms with van der Waals surface area (Å²) in [5.74, 6) is 0.550. The molecule has 4 nitrogen and oxygen atoms in total. The summed E-state index contributed by atoms with van der Waals surface area (Å²) in [6.07, 6.45) is 0. The number of carbonyl (C=O) groups excluding carboxylic acids is 1. The van der Waals surface area contributed by atoms with Crippen molar-refractivity contribution in [3.63, 3.8) is 0 Å². The molecule has 1 aromatic carbocycles. The van der Waals surface area contributed by atoms with Crippen molar-refractivity contribution < 1.29 is 9.53 Å². The third kappa shape index (κ3) is 3.90. The van der Waals surface area contributed by atoms with Gasteiger partial charge in [-0.1, -0.05) is 11.6 Å². The van der Waals surface area contributed by atoms with Gasteiger partial charge in [-0.25, -0.2) is 0 Å². The summed E-state index contributed by atoms with van der Waals surface area (Å²) in [7, 11) is 1.57. The Balaban J connectivity index is 0.00000200. The number of hydrogen-bond donors (Lipinski definition) is 1. The lowest BCUT2D eigenvalue weighted by Crippen LogP contribution is -2.51. The maximum atomic E-state index is 12.5. The molecule has 1 amide bonds. The highest BCUT2D eigenvalue weighted by Gasteiger charge is 2.24. The molecule has 1 fully saturated rings. The zero-order valence-electron chi connectivity index (χ0n) is 11.3. The zero-order valence-corrected chi connectivity index (χ0v) is 15.0. The number of benzene rings is 1. The highest BCUT2D eigenvalue weighted by atomic mass is 127. The molecule has 0 radical (unpaired) electrons. The number of piperazine rings is 1. The molecular formula is C13H17Cl2IN2O2. The summed E-state index contributed by atoms with van der Waals surface area (Å²) in [6, 6.07) is 3.79. The van der Waals surface area contributed by atoms with Crippen LogP contribution < -0.4 is 10.1 Å². The van der Waals surface area contributed by atoms with Crippen molar-refractivity contribution in [3.8, 4) is 5.75 Å². The van der Waals surface area contributed by atoms with E-state index in [9.17, 15) is 4.79 Å². The van der Waals surface area contributed by atoms with Gasteiger partial charge in [0.25, 0.3) is 5.91 Å². The molecule has 1 N–H and O–H groups in total. The first-order chi connectivity index (χ1) is 9.02. The summed E-state index contributed by atoms with van der Waals surface area (Å²) < 4.78 is 6.17. The lowest BCUT2D eigenvalue weighted by molar-refractivity contribution is 0.0705. The monoisotopic (exact) mass is 430 g/mol. The topological polar surface area (TPSA) is 41.6 Å². The number of halogens is 3. The number of rotatable bonds is 2. The molecule has 1 aliphatic heterocycles. The lowest BCUT2D eigenvalue weighted by atomic mass is 10.1. The first-order valence-electron chi connectivity index (χ1n) is 6.08. The Labute approximate surface area is 143 Å². The standard InChI is InChI=1S/C13H16ClIN2O2.ClH/c1-8-7-17(4-3-16-8)13(18)9-5-10(14)11(15)6-12(9)19-2;/h5-6,8,16H,3-4,7H2,1-2H3;1H. The van der Waals surface area contributed by atoms with Crippen LogP contribution in [-0.4, -0.2) is 43.6 Å². The number of amides is 1. The van der Waals surface area contributed by atoms with Crippen LogP contribution in [0.5, 0.6) is 5.75 Å². The molecule has 7 heteroatoms. The Morgan fingerprint density at radius 1 is 1.55 bits per heavy atom. The third-order valence-corrected chi connectivity index (χ3v) is 4.65. The minimum atomic E-state index is -0.0245. The Morgan fingerprint density at radius 2 is 2.25 bits per heavy atom.